The molecular weight excluding hydrogens is 244 g/mol. The van der Waals surface area contributed by atoms with E-state index in [2.05, 4.69) is 49.4 Å². The van der Waals surface area contributed by atoms with E-state index in [1.54, 1.807) is 0 Å². The van der Waals surface area contributed by atoms with Crippen LogP contribution in [0.25, 0.3) is 10.8 Å². The first-order valence-corrected chi connectivity index (χ1v) is 7.08. The van der Waals surface area contributed by atoms with Crippen LogP contribution in [0.4, 0.5) is 0 Å². The Bertz CT molecular complexity index is 714. The van der Waals surface area contributed by atoms with Gasteiger partial charge in [-0.3, -0.25) is 0 Å². The summed E-state index contributed by atoms with van der Waals surface area (Å²) in [5.74, 6) is 0.279. The van der Waals surface area contributed by atoms with Crippen LogP contribution in [0, 0.1) is 0 Å². The summed E-state index contributed by atoms with van der Waals surface area (Å²) in [6.07, 6.45) is 6.45. The molecule has 2 aromatic carbocycles. The molecule has 1 aliphatic carbocycles. The molecule has 20 heavy (non-hydrogen) atoms. The lowest BCUT2D eigenvalue weighted by atomic mass is 9.81. The molecule has 0 heterocycles. The average Bonchev–Trinajstić information content (AvgIpc) is 2.82. The van der Waals surface area contributed by atoms with Crippen LogP contribution >= 0.6 is 0 Å². The minimum absolute atomic E-state index is 0.279. The maximum Gasteiger partial charge on any atom is 0.0849 e. The van der Waals surface area contributed by atoms with Crippen molar-refractivity contribution in [1.82, 2.24) is 0 Å². The van der Waals surface area contributed by atoms with Gasteiger partial charge in [-0.2, -0.15) is 0 Å². The summed E-state index contributed by atoms with van der Waals surface area (Å²) in [4.78, 5) is 0. The smallest absolute Gasteiger partial charge is 0.0849 e. The summed E-state index contributed by atoms with van der Waals surface area (Å²) >= 11 is 0. The van der Waals surface area contributed by atoms with Gasteiger partial charge < -0.3 is 5.11 Å². The maximum atomic E-state index is 10.7. The second-order valence-corrected chi connectivity index (χ2v) is 6.08. The molecule has 0 saturated carbocycles. The summed E-state index contributed by atoms with van der Waals surface area (Å²) in [5.41, 5.74) is 2.72. The summed E-state index contributed by atoms with van der Waals surface area (Å²) in [5, 5.41) is 13.0. The lowest BCUT2D eigenvalue weighted by molar-refractivity contribution is 0.0792. The second-order valence-electron chi connectivity index (χ2n) is 6.08. The molecule has 1 N–H and O–H groups in total. The third-order valence-electron chi connectivity index (χ3n) is 4.06. The van der Waals surface area contributed by atoms with Crippen LogP contribution in [-0.4, -0.2) is 5.11 Å². The molecule has 0 spiro atoms. The van der Waals surface area contributed by atoms with Crippen molar-refractivity contribution in [2.24, 2.45) is 0 Å². The van der Waals surface area contributed by atoms with Crippen LogP contribution in [0.15, 0.2) is 60.2 Å². The van der Waals surface area contributed by atoms with Crippen molar-refractivity contribution >= 4 is 10.8 Å². The van der Waals surface area contributed by atoms with Crippen molar-refractivity contribution in [3.8, 4) is 0 Å². The fourth-order valence-corrected chi connectivity index (χ4v) is 3.15. The monoisotopic (exact) mass is 264 g/mol. The molecule has 102 valence electrons. The highest BCUT2D eigenvalue weighted by Crippen LogP contribution is 2.39. The van der Waals surface area contributed by atoms with Gasteiger partial charge in [0.05, 0.1) is 5.60 Å². The number of allylic oxidation sites excluding steroid dienone is 4. The van der Waals surface area contributed by atoms with Gasteiger partial charge in [-0.15, -0.1) is 0 Å². The zero-order valence-electron chi connectivity index (χ0n) is 12.2. The zero-order valence-corrected chi connectivity index (χ0v) is 12.2. The fourth-order valence-electron chi connectivity index (χ4n) is 3.15. The van der Waals surface area contributed by atoms with Gasteiger partial charge in [0, 0.05) is 5.92 Å². The molecule has 0 aromatic heterocycles. The molecule has 3 rings (SSSR count). The molecule has 0 amide bonds. The predicted molar refractivity (Wildman–Crippen MR) is 84.8 cm³/mol. The van der Waals surface area contributed by atoms with Crippen molar-refractivity contribution in [2.75, 3.05) is 0 Å². The highest BCUT2D eigenvalue weighted by atomic mass is 16.3. The lowest BCUT2D eigenvalue weighted by Crippen LogP contribution is -2.20. The van der Waals surface area contributed by atoms with E-state index >= 15 is 0 Å². The van der Waals surface area contributed by atoms with Crippen molar-refractivity contribution in [3.63, 3.8) is 0 Å². The molecule has 0 radical (unpaired) electrons. The third kappa shape index (κ3) is 2.08. The third-order valence-corrected chi connectivity index (χ3v) is 4.06. The first kappa shape index (κ1) is 13.1. The fraction of sp³-hybridized carbons (Fsp3) is 0.263. The lowest BCUT2D eigenvalue weighted by Gasteiger charge is -2.27. The molecule has 1 unspecified atom stereocenters. The Balaban J connectivity index is 2.32. The zero-order chi connectivity index (χ0) is 14.3. The van der Waals surface area contributed by atoms with E-state index in [1.165, 1.54) is 16.5 Å². The van der Waals surface area contributed by atoms with Gasteiger partial charge in [-0.05, 0) is 42.7 Å². The Morgan fingerprint density at radius 1 is 1.05 bits per heavy atom. The maximum absolute atomic E-state index is 10.7. The van der Waals surface area contributed by atoms with Gasteiger partial charge in [0.25, 0.3) is 0 Å². The second kappa shape index (κ2) is 4.60. The Kier molecular flexibility index (Phi) is 3.02. The molecule has 2 aromatic rings. The van der Waals surface area contributed by atoms with Gasteiger partial charge in [-0.25, -0.2) is 0 Å². The van der Waals surface area contributed by atoms with Crippen LogP contribution in [0.1, 0.15) is 37.8 Å². The molecule has 1 atom stereocenters. The van der Waals surface area contributed by atoms with Crippen LogP contribution in [0.2, 0.25) is 0 Å². The Hall–Kier alpha value is -1.86. The van der Waals surface area contributed by atoms with Crippen molar-refractivity contribution in [2.45, 2.75) is 32.3 Å². The predicted octanol–water partition coefficient (Wildman–Crippen LogP) is 4.67. The first-order chi connectivity index (χ1) is 9.48. The summed E-state index contributed by atoms with van der Waals surface area (Å²) in [6.45, 7) is 5.89. The standard InChI is InChI=1S/C19H20O/c1-13-7-6-10-15(13)17-12-11-14-8-4-5-9-16(14)18(17)19(2,3)20/h4-12,15,20H,1-3H3. The Morgan fingerprint density at radius 3 is 2.45 bits per heavy atom. The molecule has 1 aliphatic rings. The topological polar surface area (TPSA) is 20.2 Å². The number of hydrogen-bond donors (Lipinski definition) is 1. The number of rotatable bonds is 2. The Labute approximate surface area is 120 Å². The summed E-state index contributed by atoms with van der Waals surface area (Å²) in [6, 6.07) is 12.6. The van der Waals surface area contributed by atoms with E-state index in [9.17, 15) is 5.11 Å². The highest BCUT2D eigenvalue weighted by molar-refractivity contribution is 5.88. The van der Waals surface area contributed by atoms with Gasteiger partial charge in [-0.1, -0.05) is 60.2 Å². The number of aliphatic hydroxyl groups is 1. The quantitative estimate of drug-likeness (QED) is 0.836. The van der Waals surface area contributed by atoms with Crippen molar-refractivity contribution in [1.29, 1.82) is 0 Å². The molecule has 0 saturated heterocycles. The molecule has 0 aliphatic heterocycles. The molecule has 0 bridgehead atoms. The molecule has 1 heteroatoms. The van der Waals surface area contributed by atoms with E-state index in [0.717, 1.165) is 10.9 Å². The SMILES string of the molecule is CC1=CC=CC1c1ccc2ccccc2c1C(C)(C)O. The van der Waals surface area contributed by atoms with Gasteiger partial charge in [0.2, 0.25) is 0 Å². The van der Waals surface area contributed by atoms with Crippen LogP contribution in [0.5, 0.6) is 0 Å². The van der Waals surface area contributed by atoms with E-state index in [1.807, 2.05) is 26.0 Å². The average molecular weight is 264 g/mol. The van der Waals surface area contributed by atoms with Crippen molar-refractivity contribution in [3.05, 3.63) is 71.3 Å². The van der Waals surface area contributed by atoms with Crippen LogP contribution in [0.3, 0.4) is 0 Å². The first-order valence-electron chi connectivity index (χ1n) is 7.08. The summed E-state index contributed by atoms with van der Waals surface area (Å²) < 4.78 is 0. The largest absolute Gasteiger partial charge is 0.386 e. The summed E-state index contributed by atoms with van der Waals surface area (Å²) in [7, 11) is 0. The van der Waals surface area contributed by atoms with Crippen LogP contribution in [-0.2, 0) is 5.60 Å². The van der Waals surface area contributed by atoms with Crippen LogP contribution < -0.4 is 0 Å². The van der Waals surface area contributed by atoms with E-state index in [4.69, 9.17) is 0 Å². The number of benzene rings is 2. The van der Waals surface area contributed by atoms with Gasteiger partial charge in [0.15, 0.2) is 0 Å². The van der Waals surface area contributed by atoms with E-state index in [-0.39, 0.29) is 5.92 Å². The minimum atomic E-state index is -0.854. The minimum Gasteiger partial charge on any atom is -0.386 e. The highest BCUT2D eigenvalue weighted by Gasteiger charge is 2.27. The Morgan fingerprint density at radius 2 is 1.80 bits per heavy atom. The molecule has 1 nitrogen and oxygen atoms in total. The van der Waals surface area contributed by atoms with Gasteiger partial charge >= 0.3 is 0 Å². The van der Waals surface area contributed by atoms with E-state index < -0.39 is 5.60 Å². The number of fused-ring (bicyclic) bond motifs is 1. The molecular formula is C19H20O. The van der Waals surface area contributed by atoms with Gasteiger partial charge in [0.1, 0.15) is 0 Å². The van der Waals surface area contributed by atoms with E-state index in [0.29, 0.717) is 0 Å². The number of hydrogen-bond acceptors (Lipinski definition) is 1. The molecule has 0 fully saturated rings. The normalized spacial score (nSPS) is 18.6. The van der Waals surface area contributed by atoms with Crippen molar-refractivity contribution < 1.29 is 5.11 Å².